The van der Waals surface area contributed by atoms with Gasteiger partial charge in [-0.1, -0.05) is 29.3 Å². The van der Waals surface area contributed by atoms with E-state index in [2.05, 4.69) is 15.3 Å². The molecule has 10 heteroatoms. The molecule has 2 aromatic heterocycles. The highest BCUT2D eigenvalue weighted by Crippen LogP contribution is 2.29. The molecule has 2 N–H and O–H groups in total. The van der Waals surface area contributed by atoms with E-state index in [1.54, 1.807) is 42.7 Å². The number of halogens is 3. The number of nitrogens with zero attached hydrogens (tertiary/aromatic N) is 3. The number of benzene rings is 1. The van der Waals surface area contributed by atoms with E-state index >= 15 is 0 Å². The summed E-state index contributed by atoms with van der Waals surface area (Å²) in [6, 6.07) is 9.23. The SMILES string of the molecule is O=c1cc(-c2ccnc(N[C@@H]3CCOC[C@H]3F)n2)ccn1[C@H](CCO)c1ccc(Cl)c(Cl)c1. The summed E-state index contributed by atoms with van der Waals surface area (Å²) >= 11 is 12.2. The third-order valence-electron chi connectivity index (χ3n) is 5.57. The molecular formula is C23H23Cl2FN4O3. The summed E-state index contributed by atoms with van der Waals surface area (Å²) in [4.78, 5) is 21.6. The highest BCUT2D eigenvalue weighted by atomic mass is 35.5. The summed E-state index contributed by atoms with van der Waals surface area (Å²) in [5, 5.41) is 13.4. The molecule has 3 aromatic rings. The van der Waals surface area contributed by atoms with Crippen LogP contribution in [0.4, 0.5) is 10.3 Å². The molecule has 1 aromatic carbocycles. The Bertz CT molecular complexity index is 1180. The van der Waals surface area contributed by atoms with Crippen LogP contribution in [0.1, 0.15) is 24.4 Å². The van der Waals surface area contributed by atoms with Crippen molar-refractivity contribution in [3.8, 4) is 11.3 Å². The Morgan fingerprint density at radius 3 is 2.82 bits per heavy atom. The first-order valence-electron chi connectivity index (χ1n) is 10.6. The van der Waals surface area contributed by atoms with Gasteiger partial charge in [-0.2, -0.15) is 0 Å². The largest absolute Gasteiger partial charge is 0.396 e. The Hall–Kier alpha value is -2.52. The molecule has 3 heterocycles. The first-order chi connectivity index (χ1) is 16.0. The molecule has 0 aliphatic carbocycles. The van der Waals surface area contributed by atoms with Crippen LogP contribution < -0.4 is 10.9 Å². The van der Waals surface area contributed by atoms with E-state index in [1.807, 2.05) is 0 Å². The van der Waals surface area contributed by atoms with E-state index in [4.69, 9.17) is 27.9 Å². The van der Waals surface area contributed by atoms with Gasteiger partial charge in [-0.25, -0.2) is 14.4 Å². The fraction of sp³-hybridized carbons (Fsp3) is 0.348. The van der Waals surface area contributed by atoms with Crippen LogP contribution in [0.5, 0.6) is 0 Å². The molecule has 33 heavy (non-hydrogen) atoms. The van der Waals surface area contributed by atoms with E-state index in [0.29, 0.717) is 46.7 Å². The Morgan fingerprint density at radius 1 is 1.24 bits per heavy atom. The van der Waals surface area contributed by atoms with Crippen LogP contribution in [-0.2, 0) is 4.74 Å². The molecule has 0 amide bonds. The Balaban J connectivity index is 1.60. The van der Waals surface area contributed by atoms with Crippen LogP contribution in [-0.4, -0.2) is 51.7 Å². The van der Waals surface area contributed by atoms with Gasteiger partial charge in [0, 0.05) is 37.2 Å². The predicted octanol–water partition coefficient (Wildman–Crippen LogP) is 4.12. The average molecular weight is 493 g/mol. The first kappa shape index (κ1) is 23.6. The summed E-state index contributed by atoms with van der Waals surface area (Å²) in [6.45, 7) is 0.412. The summed E-state index contributed by atoms with van der Waals surface area (Å²) in [7, 11) is 0. The summed E-state index contributed by atoms with van der Waals surface area (Å²) < 4.78 is 20.7. The number of nitrogens with one attached hydrogen (secondary N) is 1. The lowest BCUT2D eigenvalue weighted by molar-refractivity contribution is 0.0284. The van der Waals surface area contributed by atoms with Crippen molar-refractivity contribution in [3.05, 3.63) is 74.8 Å². The van der Waals surface area contributed by atoms with Crippen molar-refractivity contribution in [2.24, 2.45) is 0 Å². The zero-order valence-electron chi connectivity index (χ0n) is 17.6. The molecule has 1 saturated heterocycles. The molecule has 0 unspecified atom stereocenters. The van der Waals surface area contributed by atoms with E-state index in [9.17, 15) is 14.3 Å². The summed E-state index contributed by atoms with van der Waals surface area (Å²) in [5.74, 6) is 0.292. The molecule has 1 aliphatic heterocycles. The number of anilines is 1. The second-order valence-corrected chi connectivity index (χ2v) is 8.57. The van der Waals surface area contributed by atoms with E-state index in [-0.39, 0.29) is 18.8 Å². The van der Waals surface area contributed by atoms with Gasteiger partial charge in [-0.3, -0.25) is 4.79 Å². The van der Waals surface area contributed by atoms with Crippen LogP contribution in [0.15, 0.2) is 53.6 Å². The molecule has 1 fully saturated rings. The van der Waals surface area contributed by atoms with Crippen molar-refractivity contribution < 1.29 is 14.2 Å². The molecule has 1 aliphatic rings. The number of ether oxygens (including phenoxy) is 1. The number of rotatable bonds is 7. The van der Waals surface area contributed by atoms with Gasteiger partial charge in [-0.05, 0) is 42.7 Å². The van der Waals surface area contributed by atoms with Gasteiger partial charge in [-0.15, -0.1) is 0 Å². The third kappa shape index (κ3) is 5.52. The molecular weight excluding hydrogens is 470 g/mol. The van der Waals surface area contributed by atoms with Crippen molar-refractivity contribution in [1.29, 1.82) is 0 Å². The first-order valence-corrected chi connectivity index (χ1v) is 11.3. The van der Waals surface area contributed by atoms with Crippen LogP contribution in [0.3, 0.4) is 0 Å². The van der Waals surface area contributed by atoms with Gasteiger partial charge in [0.25, 0.3) is 5.56 Å². The number of aromatic nitrogens is 3. The topological polar surface area (TPSA) is 89.3 Å². The zero-order valence-corrected chi connectivity index (χ0v) is 19.1. The molecule has 7 nitrogen and oxygen atoms in total. The minimum absolute atomic E-state index is 0.0451. The lowest BCUT2D eigenvalue weighted by Crippen LogP contribution is -2.39. The predicted molar refractivity (Wildman–Crippen MR) is 126 cm³/mol. The maximum atomic E-state index is 14.1. The minimum Gasteiger partial charge on any atom is -0.396 e. The smallest absolute Gasteiger partial charge is 0.251 e. The number of alkyl halides is 1. The van der Waals surface area contributed by atoms with Gasteiger partial charge >= 0.3 is 0 Å². The monoisotopic (exact) mass is 492 g/mol. The quantitative estimate of drug-likeness (QED) is 0.515. The molecule has 0 spiro atoms. The van der Waals surface area contributed by atoms with Crippen LogP contribution in [0, 0.1) is 0 Å². The molecule has 0 bridgehead atoms. The highest BCUT2D eigenvalue weighted by molar-refractivity contribution is 6.42. The van der Waals surface area contributed by atoms with Crippen molar-refractivity contribution in [1.82, 2.24) is 14.5 Å². The highest BCUT2D eigenvalue weighted by Gasteiger charge is 2.26. The number of hydrogen-bond acceptors (Lipinski definition) is 6. The maximum Gasteiger partial charge on any atom is 0.251 e. The normalized spacial score (nSPS) is 19.3. The van der Waals surface area contributed by atoms with Gasteiger partial charge in [0.05, 0.1) is 34.4 Å². The zero-order chi connectivity index (χ0) is 23.4. The minimum atomic E-state index is -1.14. The second kappa shape index (κ2) is 10.6. The van der Waals surface area contributed by atoms with Crippen molar-refractivity contribution in [2.45, 2.75) is 31.1 Å². The molecule has 3 atom stereocenters. The molecule has 174 valence electrons. The lowest BCUT2D eigenvalue weighted by atomic mass is 10.0. The van der Waals surface area contributed by atoms with Crippen LogP contribution in [0.2, 0.25) is 10.0 Å². The maximum absolute atomic E-state index is 14.1. The van der Waals surface area contributed by atoms with Gasteiger partial charge in [0.1, 0.15) is 6.17 Å². The molecule has 0 saturated carbocycles. The van der Waals surface area contributed by atoms with E-state index < -0.39 is 18.3 Å². The summed E-state index contributed by atoms with van der Waals surface area (Å²) in [5.41, 5.74) is 1.63. The Kier molecular flexibility index (Phi) is 7.60. The number of aliphatic hydroxyl groups is 1. The van der Waals surface area contributed by atoms with Gasteiger partial charge in [0.15, 0.2) is 0 Å². The Morgan fingerprint density at radius 2 is 2.09 bits per heavy atom. The fourth-order valence-corrected chi connectivity index (χ4v) is 4.14. The number of aliphatic hydroxyl groups excluding tert-OH is 1. The van der Waals surface area contributed by atoms with Crippen LogP contribution >= 0.6 is 23.2 Å². The number of hydrogen-bond donors (Lipinski definition) is 2. The fourth-order valence-electron chi connectivity index (χ4n) is 3.84. The van der Waals surface area contributed by atoms with Crippen molar-refractivity contribution in [2.75, 3.05) is 25.1 Å². The summed E-state index contributed by atoms with van der Waals surface area (Å²) in [6.07, 6.45) is 2.93. The number of pyridine rings is 1. The lowest BCUT2D eigenvalue weighted by Gasteiger charge is -2.26. The molecule has 0 radical (unpaired) electrons. The van der Waals surface area contributed by atoms with Gasteiger partial charge < -0.3 is 19.7 Å². The molecule has 4 rings (SSSR count). The standard InChI is InChI=1S/C23H23Cl2FN4O3/c24-16-2-1-15(11-17(16)25)21(5-9-31)30-8-4-14(12-22(30)32)19-3-7-27-23(28-19)29-20-6-10-33-13-18(20)26/h1-4,7-8,11-12,18,20-21,31H,5-6,9-10,13H2,(H,27,28,29)/t18-,20-,21-/m1/s1. The van der Waals surface area contributed by atoms with E-state index in [1.165, 1.54) is 10.6 Å². The second-order valence-electron chi connectivity index (χ2n) is 7.76. The van der Waals surface area contributed by atoms with Crippen molar-refractivity contribution in [3.63, 3.8) is 0 Å². The third-order valence-corrected chi connectivity index (χ3v) is 6.31. The van der Waals surface area contributed by atoms with Crippen molar-refractivity contribution >= 4 is 29.2 Å². The van der Waals surface area contributed by atoms with Gasteiger partial charge in [0.2, 0.25) is 5.95 Å². The van der Waals surface area contributed by atoms with E-state index in [0.717, 1.165) is 5.56 Å². The Labute approximate surface area is 200 Å². The van der Waals surface area contributed by atoms with Crippen LogP contribution in [0.25, 0.3) is 11.3 Å². The average Bonchev–Trinajstić information content (AvgIpc) is 2.81.